The fourth-order valence-electron chi connectivity index (χ4n) is 2.95. The molecule has 0 spiro atoms. The number of nitrogens with one attached hydrogen (secondary N) is 2. The van der Waals surface area contributed by atoms with Gasteiger partial charge in [-0.3, -0.25) is 19.4 Å². The summed E-state index contributed by atoms with van der Waals surface area (Å²) < 4.78 is 31.7. The molecule has 0 radical (unpaired) electrons. The van der Waals surface area contributed by atoms with Crippen molar-refractivity contribution >= 4 is 35.7 Å². The van der Waals surface area contributed by atoms with Crippen molar-refractivity contribution in [2.75, 3.05) is 6.54 Å². The van der Waals surface area contributed by atoms with Crippen LogP contribution >= 0.6 is 0 Å². The first-order valence-electron chi connectivity index (χ1n) is 11.7. The predicted molar refractivity (Wildman–Crippen MR) is 130 cm³/mol. The van der Waals surface area contributed by atoms with Gasteiger partial charge in [0.2, 0.25) is 11.8 Å². The average molecular weight is 558 g/mol. The van der Waals surface area contributed by atoms with E-state index in [-0.39, 0.29) is 5.96 Å². The molecular weight excluding hydrogens is 519 g/mol. The molecule has 38 heavy (non-hydrogen) atoms. The van der Waals surface area contributed by atoms with E-state index in [1.54, 1.807) is 20.8 Å². The van der Waals surface area contributed by atoms with Gasteiger partial charge in [0.1, 0.15) is 11.6 Å². The lowest BCUT2D eigenvalue weighted by Crippen LogP contribution is -2.61. The van der Waals surface area contributed by atoms with Gasteiger partial charge in [0.05, 0.1) is 6.42 Å². The number of guanidine groups is 1. The van der Waals surface area contributed by atoms with Crippen LogP contribution in [0.25, 0.3) is 0 Å². The number of amides is 2. The number of hydrogen-bond donors (Lipinski definition) is 7. The van der Waals surface area contributed by atoms with Crippen molar-refractivity contribution in [3.8, 4) is 0 Å². The summed E-state index contributed by atoms with van der Waals surface area (Å²) in [6.45, 7) is 6.76. The first kappa shape index (κ1) is 36.6. The van der Waals surface area contributed by atoms with Gasteiger partial charge in [0.15, 0.2) is 5.96 Å². The summed E-state index contributed by atoms with van der Waals surface area (Å²) in [4.78, 5) is 60.7. The van der Waals surface area contributed by atoms with Crippen LogP contribution in [0.3, 0.4) is 0 Å². The first-order chi connectivity index (χ1) is 17.2. The Labute approximate surface area is 218 Å². The second-order valence-electron chi connectivity index (χ2n) is 9.14. The number of carbonyl (C=O) groups excluding carboxylic acids is 2. The van der Waals surface area contributed by atoms with E-state index in [1.807, 2.05) is 0 Å². The van der Waals surface area contributed by atoms with Crippen LogP contribution < -0.4 is 22.1 Å². The van der Waals surface area contributed by atoms with Crippen LogP contribution in [0.15, 0.2) is 4.99 Å². The van der Waals surface area contributed by atoms with Gasteiger partial charge in [0.25, 0.3) is 0 Å². The van der Waals surface area contributed by atoms with Crippen LogP contribution in [0, 0.1) is 11.8 Å². The van der Waals surface area contributed by atoms with Crippen LogP contribution in [0.5, 0.6) is 0 Å². The standard InChI is InChI=1S/C20H37N5O6.C2HF3O2/c1-12(2)15(17(29)30)24-18(31)20(4,11-14(26)27)25-16(28)13(3)9-7-5-6-8-10-23-19(21)22;3-2(4,5)1(6)7/h12-13,15H,5-11H2,1-4H3,(H,24,31)(H,25,28)(H,26,27)(H,29,30)(H4,21,22,23);(H,6,7)/t13?,15-,20-;/m0./s1. The molecule has 16 heteroatoms. The zero-order valence-corrected chi connectivity index (χ0v) is 21.8. The Balaban J connectivity index is 0. The molecule has 220 valence electrons. The van der Waals surface area contributed by atoms with Crippen LogP contribution in [0.2, 0.25) is 0 Å². The third kappa shape index (κ3) is 16.2. The summed E-state index contributed by atoms with van der Waals surface area (Å²) in [6, 6.07) is -1.20. The molecule has 2 amide bonds. The zero-order valence-electron chi connectivity index (χ0n) is 21.8. The zero-order chi connectivity index (χ0) is 30.3. The van der Waals surface area contributed by atoms with Crippen molar-refractivity contribution in [3.63, 3.8) is 0 Å². The summed E-state index contributed by atoms with van der Waals surface area (Å²) in [5.41, 5.74) is 8.73. The summed E-state index contributed by atoms with van der Waals surface area (Å²) in [7, 11) is 0. The van der Waals surface area contributed by atoms with Gasteiger partial charge in [-0.05, 0) is 25.7 Å². The number of aliphatic imine (C=N–C) groups is 1. The molecule has 0 aliphatic carbocycles. The Kier molecular flexibility index (Phi) is 16.4. The second-order valence-corrected chi connectivity index (χ2v) is 9.14. The van der Waals surface area contributed by atoms with E-state index in [1.165, 1.54) is 6.92 Å². The Hall–Kier alpha value is -3.59. The number of carbonyl (C=O) groups is 5. The third-order valence-corrected chi connectivity index (χ3v) is 5.15. The number of aliphatic carboxylic acids is 3. The second kappa shape index (κ2) is 17.0. The molecule has 9 N–H and O–H groups in total. The molecule has 0 saturated heterocycles. The molecule has 0 aromatic rings. The van der Waals surface area contributed by atoms with E-state index in [0.717, 1.165) is 25.7 Å². The number of halogens is 3. The van der Waals surface area contributed by atoms with Gasteiger partial charge < -0.3 is 37.4 Å². The Bertz CT molecular complexity index is 847. The molecule has 13 nitrogen and oxygen atoms in total. The fourth-order valence-corrected chi connectivity index (χ4v) is 2.95. The normalized spacial score (nSPS) is 14.1. The molecule has 0 aromatic carbocycles. The third-order valence-electron chi connectivity index (χ3n) is 5.15. The number of rotatable bonds is 15. The number of carboxylic acids is 3. The SMILES string of the molecule is CC(CCCCCCN=C(N)N)C(=O)N[C@@](C)(CC(=O)O)C(=O)N[C@H](C(=O)O)C(C)C.O=C(O)C(F)(F)F. The first-order valence-corrected chi connectivity index (χ1v) is 11.7. The maximum atomic E-state index is 12.7. The number of hydrogen-bond acceptors (Lipinski definition) is 6. The van der Waals surface area contributed by atoms with E-state index in [0.29, 0.717) is 13.0 Å². The Morgan fingerprint density at radius 1 is 0.921 bits per heavy atom. The van der Waals surface area contributed by atoms with Crippen molar-refractivity contribution in [1.82, 2.24) is 10.6 Å². The predicted octanol–water partition coefficient (Wildman–Crippen LogP) is 1.05. The van der Waals surface area contributed by atoms with Crippen LogP contribution in [0.4, 0.5) is 13.2 Å². The summed E-state index contributed by atoms with van der Waals surface area (Å²) in [5.74, 6) is -7.40. The molecule has 0 saturated carbocycles. The van der Waals surface area contributed by atoms with E-state index in [2.05, 4.69) is 15.6 Å². The van der Waals surface area contributed by atoms with E-state index in [9.17, 15) is 42.6 Å². The lowest BCUT2D eigenvalue weighted by atomic mass is 9.92. The van der Waals surface area contributed by atoms with Gasteiger partial charge in [-0.25, -0.2) is 9.59 Å². The van der Waals surface area contributed by atoms with Gasteiger partial charge in [0, 0.05) is 12.5 Å². The quantitative estimate of drug-likeness (QED) is 0.0858. The fraction of sp³-hybridized carbons (Fsp3) is 0.727. The summed E-state index contributed by atoms with van der Waals surface area (Å²) in [5, 5.41) is 30.5. The average Bonchev–Trinajstić information content (AvgIpc) is 2.74. The minimum Gasteiger partial charge on any atom is -0.481 e. The van der Waals surface area contributed by atoms with Crippen molar-refractivity contribution < 1.29 is 52.5 Å². The van der Waals surface area contributed by atoms with Gasteiger partial charge >= 0.3 is 24.1 Å². The molecule has 3 atom stereocenters. The van der Waals surface area contributed by atoms with Crippen molar-refractivity contribution in [2.24, 2.45) is 28.3 Å². The summed E-state index contributed by atoms with van der Waals surface area (Å²) in [6.07, 6.45) is -1.83. The van der Waals surface area contributed by atoms with Crippen LogP contribution in [0.1, 0.15) is 66.2 Å². The lowest BCUT2D eigenvalue weighted by molar-refractivity contribution is -0.192. The minimum absolute atomic E-state index is 0.0572. The maximum Gasteiger partial charge on any atom is 0.490 e. The molecular formula is C22H38F3N5O8. The molecule has 0 aliphatic rings. The number of carboxylic acid groups (broad SMARTS) is 3. The van der Waals surface area contributed by atoms with E-state index < -0.39 is 65.7 Å². The van der Waals surface area contributed by atoms with Crippen LogP contribution in [-0.2, 0) is 24.0 Å². The number of unbranched alkanes of at least 4 members (excludes halogenated alkanes) is 3. The van der Waals surface area contributed by atoms with Crippen molar-refractivity contribution in [2.45, 2.75) is 84.0 Å². The van der Waals surface area contributed by atoms with Gasteiger partial charge in [-0.1, -0.05) is 40.0 Å². The number of nitrogens with zero attached hydrogens (tertiary/aromatic N) is 1. The molecule has 0 aromatic heterocycles. The molecule has 0 aliphatic heterocycles. The van der Waals surface area contributed by atoms with Crippen molar-refractivity contribution in [1.29, 1.82) is 0 Å². The van der Waals surface area contributed by atoms with Crippen molar-refractivity contribution in [3.05, 3.63) is 0 Å². The topological polar surface area (TPSA) is 234 Å². The van der Waals surface area contributed by atoms with Crippen LogP contribution in [-0.4, -0.2) is 75.3 Å². The molecule has 0 fully saturated rings. The molecule has 0 bridgehead atoms. The highest BCUT2D eigenvalue weighted by Crippen LogP contribution is 2.17. The minimum atomic E-state index is -5.08. The lowest BCUT2D eigenvalue weighted by Gasteiger charge is -2.31. The smallest absolute Gasteiger partial charge is 0.481 e. The monoisotopic (exact) mass is 557 g/mol. The number of alkyl halides is 3. The van der Waals surface area contributed by atoms with E-state index >= 15 is 0 Å². The highest BCUT2D eigenvalue weighted by Gasteiger charge is 2.40. The molecule has 1 unspecified atom stereocenters. The summed E-state index contributed by atoms with van der Waals surface area (Å²) >= 11 is 0. The van der Waals surface area contributed by atoms with Gasteiger partial charge in [-0.2, -0.15) is 13.2 Å². The largest absolute Gasteiger partial charge is 0.490 e. The van der Waals surface area contributed by atoms with E-state index in [4.69, 9.17) is 21.4 Å². The molecule has 0 rings (SSSR count). The molecule has 0 heterocycles. The Morgan fingerprint density at radius 2 is 1.42 bits per heavy atom. The maximum absolute atomic E-state index is 12.7. The number of nitrogens with two attached hydrogens (primary N) is 2. The van der Waals surface area contributed by atoms with Gasteiger partial charge in [-0.15, -0.1) is 0 Å². The highest BCUT2D eigenvalue weighted by atomic mass is 19.4. The highest BCUT2D eigenvalue weighted by molar-refractivity contribution is 5.96. The Morgan fingerprint density at radius 3 is 1.82 bits per heavy atom.